The number of ether oxygens (including phenoxy) is 4. The van der Waals surface area contributed by atoms with Gasteiger partial charge in [0, 0.05) is 0 Å². The molecular formula is C19H28O6. The summed E-state index contributed by atoms with van der Waals surface area (Å²) in [5.41, 5.74) is 0. The average molecular weight is 352 g/mol. The lowest BCUT2D eigenvalue weighted by Gasteiger charge is -2.23. The van der Waals surface area contributed by atoms with E-state index in [2.05, 4.69) is 0 Å². The third-order valence-electron chi connectivity index (χ3n) is 5.53. The molecule has 3 rings (SSSR count). The summed E-state index contributed by atoms with van der Waals surface area (Å²) in [5.74, 6) is -2.58. The molecule has 6 heteroatoms. The van der Waals surface area contributed by atoms with Crippen LogP contribution in [0.5, 0.6) is 0 Å². The van der Waals surface area contributed by atoms with Crippen LogP contribution in [0.1, 0.15) is 64.2 Å². The van der Waals surface area contributed by atoms with Crippen LogP contribution in [0.15, 0.2) is 12.5 Å². The summed E-state index contributed by atoms with van der Waals surface area (Å²) in [7, 11) is 0. The van der Waals surface area contributed by atoms with Gasteiger partial charge in [-0.1, -0.05) is 51.4 Å². The van der Waals surface area contributed by atoms with E-state index in [0.717, 1.165) is 12.8 Å². The smallest absolute Gasteiger partial charge is 0.452 e. The number of rotatable bonds is 8. The van der Waals surface area contributed by atoms with Gasteiger partial charge in [0.1, 0.15) is 12.5 Å². The highest BCUT2D eigenvalue weighted by Crippen LogP contribution is 2.30. The van der Waals surface area contributed by atoms with Gasteiger partial charge in [0.05, 0.1) is 13.2 Å². The summed E-state index contributed by atoms with van der Waals surface area (Å²) in [6.45, 7) is 0.542. The van der Waals surface area contributed by atoms with Crippen molar-refractivity contribution in [2.24, 2.45) is 11.8 Å². The van der Waals surface area contributed by atoms with Gasteiger partial charge < -0.3 is 18.9 Å². The third-order valence-corrected chi connectivity index (χ3v) is 5.53. The molecule has 0 aromatic rings. The second-order valence-electron chi connectivity index (χ2n) is 7.27. The van der Waals surface area contributed by atoms with Crippen molar-refractivity contribution in [3.8, 4) is 0 Å². The molecule has 0 N–H and O–H groups in total. The second kappa shape index (κ2) is 8.59. The predicted molar refractivity (Wildman–Crippen MR) is 89.1 cm³/mol. The van der Waals surface area contributed by atoms with E-state index in [4.69, 9.17) is 18.9 Å². The highest BCUT2D eigenvalue weighted by Gasteiger charge is 2.56. The lowest BCUT2D eigenvalue weighted by atomic mass is 10.1. The Bertz CT molecular complexity index is 444. The minimum Gasteiger partial charge on any atom is -0.459 e. The van der Waals surface area contributed by atoms with Gasteiger partial charge >= 0.3 is 17.7 Å². The Morgan fingerprint density at radius 1 is 0.800 bits per heavy atom. The van der Waals surface area contributed by atoms with Crippen molar-refractivity contribution in [2.75, 3.05) is 13.2 Å². The van der Waals surface area contributed by atoms with E-state index in [9.17, 15) is 9.59 Å². The number of carbonyl (C=O) groups excluding carboxylic acids is 2. The lowest BCUT2D eigenvalue weighted by molar-refractivity contribution is -0.217. The summed E-state index contributed by atoms with van der Waals surface area (Å²) in [4.78, 5) is 24.8. The van der Waals surface area contributed by atoms with Crippen LogP contribution in [-0.4, -0.2) is 30.9 Å². The van der Waals surface area contributed by atoms with Gasteiger partial charge in [0.15, 0.2) is 0 Å². The zero-order chi connectivity index (χ0) is 17.5. The Kier molecular flexibility index (Phi) is 6.21. The van der Waals surface area contributed by atoms with Crippen LogP contribution in [0.25, 0.3) is 0 Å². The lowest BCUT2D eigenvalue weighted by Crippen LogP contribution is -2.50. The molecule has 0 aromatic carbocycles. The van der Waals surface area contributed by atoms with Gasteiger partial charge in [-0.3, -0.25) is 0 Å². The number of hydrogen-bond acceptors (Lipinski definition) is 6. The molecular weight excluding hydrogens is 324 g/mol. The standard InChI is InChI=1S/C19H28O6/c20-17(22-11-9-15-5-1-2-6-15)19(24-13-14-25-19)18(21)23-12-10-16-7-3-4-8-16/h13-16H,1-12H2. The van der Waals surface area contributed by atoms with Crippen molar-refractivity contribution < 1.29 is 28.5 Å². The van der Waals surface area contributed by atoms with Gasteiger partial charge in [-0.25, -0.2) is 9.59 Å². The largest absolute Gasteiger partial charge is 0.459 e. The maximum absolute atomic E-state index is 12.4. The molecule has 6 nitrogen and oxygen atoms in total. The number of hydrogen-bond donors (Lipinski definition) is 0. The summed E-state index contributed by atoms with van der Waals surface area (Å²) >= 11 is 0. The molecule has 1 aliphatic heterocycles. The summed E-state index contributed by atoms with van der Waals surface area (Å²) in [5, 5.41) is 0. The molecule has 140 valence electrons. The zero-order valence-corrected chi connectivity index (χ0v) is 14.7. The molecule has 0 unspecified atom stereocenters. The maximum atomic E-state index is 12.4. The molecule has 0 radical (unpaired) electrons. The third kappa shape index (κ3) is 4.47. The quantitative estimate of drug-likeness (QED) is 0.492. The van der Waals surface area contributed by atoms with Crippen LogP contribution in [0, 0.1) is 11.8 Å². The topological polar surface area (TPSA) is 71.1 Å². The molecule has 0 amide bonds. The van der Waals surface area contributed by atoms with Gasteiger partial charge in [-0.05, 0) is 24.7 Å². The first-order valence-corrected chi connectivity index (χ1v) is 9.56. The van der Waals surface area contributed by atoms with Crippen LogP contribution in [0.2, 0.25) is 0 Å². The van der Waals surface area contributed by atoms with E-state index in [-0.39, 0.29) is 13.2 Å². The SMILES string of the molecule is O=C(OCCC1CCCC1)C1(C(=O)OCCC2CCCC2)OC=CO1. The highest BCUT2D eigenvalue weighted by atomic mass is 16.8. The van der Waals surface area contributed by atoms with Crippen LogP contribution in [0.4, 0.5) is 0 Å². The first-order chi connectivity index (χ1) is 12.2. The van der Waals surface area contributed by atoms with E-state index < -0.39 is 17.7 Å². The fourth-order valence-corrected chi connectivity index (χ4v) is 3.98. The molecule has 25 heavy (non-hydrogen) atoms. The number of carbonyl (C=O) groups is 2. The fourth-order valence-electron chi connectivity index (χ4n) is 3.98. The summed E-state index contributed by atoms with van der Waals surface area (Å²) in [6.07, 6.45) is 13.7. The molecule has 0 aromatic heterocycles. The molecule has 0 spiro atoms. The monoisotopic (exact) mass is 352 g/mol. The Hall–Kier alpha value is -1.72. The molecule has 3 aliphatic rings. The molecule has 0 saturated heterocycles. The van der Waals surface area contributed by atoms with Crippen LogP contribution >= 0.6 is 0 Å². The van der Waals surface area contributed by atoms with E-state index in [1.807, 2.05) is 0 Å². The van der Waals surface area contributed by atoms with Gasteiger partial charge in [0.25, 0.3) is 0 Å². The molecule has 2 aliphatic carbocycles. The Morgan fingerprint density at radius 2 is 1.20 bits per heavy atom. The predicted octanol–water partition coefficient (Wildman–Crippen LogP) is 3.45. The minimum absolute atomic E-state index is 0.271. The summed E-state index contributed by atoms with van der Waals surface area (Å²) < 4.78 is 20.8. The van der Waals surface area contributed by atoms with Crippen molar-refractivity contribution in [3.63, 3.8) is 0 Å². The van der Waals surface area contributed by atoms with Crippen molar-refractivity contribution >= 4 is 11.9 Å². The molecule has 2 fully saturated rings. The first kappa shape index (κ1) is 18.1. The Labute approximate surface area is 148 Å². The Balaban J connectivity index is 1.45. The van der Waals surface area contributed by atoms with E-state index in [0.29, 0.717) is 11.8 Å². The molecule has 0 atom stereocenters. The van der Waals surface area contributed by atoms with Gasteiger partial charge in [-0.2, -0.15) is 0 Å². The molecule has 1 heterocycles. The highest BCUT2D eigenvalue weighted by molar-refractivity contribution is 6.02. The van der Waals surface area contributed by atoms with Crippen molar-refractivity contribution in [1.29, 1.82) is 0 Å². The van der Waals surface area contributed by atoms with Crippen molar-refractivity contribution in [2.45, 2.75) is 70.0 Å². The van der Waals surface area contributed by atoms with Gasteiger partial charge in [-0.15, -0.1) is 0 Å². The summed E-state index contributed by atoms with van der Waals surface area (Å²) in [6, 6.07) is 0. The van der Waals surface area contributed by atoms with Crippen molar-refractivity contribution in [3.05, 3.63) is 12.5 Å². The maximum Gasteiger partial charge on any atom is 0.452 e. The minimum atomic E-state index is -2.12. The first-order valence-electron chi connectivity index (χ1n) is 9.56. The normalized spacial score (nSPS) is 22.6. The van der Waals surface area contributed by atoms with Crippen molar-refractivity contribution in [1.82, 2.24) is 0 Å². The van der Waals surface area contributed by atoms with E-state index in [1.165, 1.54) is 63.9 Å². The molecule has 0 bridgehead atoms. The van der Waals surface area contributed by atoms with Crippen LogP contribution in [-0.2, 0) is 28.5 Å². The number of esters is 2. The fraction of sp³-hybridized carbons (Fsp3) is 0.789. The Morgan fingerprint density at radius 3 is 1.60 bits per heavy atom. The van der Waals surface area contributed by atoms with Crippen LogP contribution < -0.4 is 0 Å². The van der Waals surface area contributed by atoms with E-state index >= 15 is 0 Å². The second-order valence-corrected chi connectivity index (χ2v) is 7.27. The van der Waals surface area contributed by atoms with Crippen LogP contribution in [0.3, 0.4) is 0 Å². The van der Waals surface area contributed by atoms with E-state index in [1.54, 1.807) is 0 Å². The average Bonchev–Trinajstić information content (AvgIpc) is 3.37. The molecule has 2 saturated carbocycles. The van der Waals surface area contributed by atoms with Gasteiger partial charge in [0.2, 0.25) is 0 Å². The zero-order valence-electron chi connectivity index (χ0n) is 14.7.